The van der Waals surface area contributed by atoms with Crippen LogP contribution in [-0.2, 0) is 0 Å². The van der Waals surface area contributed by atoms with Gasteiger partial charge in [-0.15, -0.1) is 0 Å². The van der Waals surface area contributed by atoms with E-state index in [0.717, 1.165) is 24.3 Å². The molecule has 2 nitrogen and oxygen atoms in total. The van der Waals surface area contributed by atoms with E-state index >= 15 is 0 Å². The van der Waals surface area contributed by atoms with Crippen molar-refractivity contribution in [1.82, 2.24) is 0 Å². The molecule has 3 aliphatic carbocycles. The first-order chi connectivity index (χ1) is 8.10. The lowest BCUT2D eigenvalue weighted by Crippen LogP contribution is -2.25. The minimum absolute atomic E-state index is 0.188. The number of aliphatic hydroxyl groups excluding tert-OH is 2. The Labute approximate surface area is 103 Å². The van der Waals surface area contributed by atoms with Crippen molar-refractivity contribution >= 4 is 0 Å². The zero-order valence-electron chi connectivity index (χ0n) is 10.5. The van der Waals surface area contributed by atoms with E-state index in [2.05, 4.69) is 6.92 Å². The summed E-state index contributed by atoms with van der Waals surface area (Å²) in [6.07, 6.45) is 10.3. The first kappa shape index (κ1) is 11.3. The highest BCUT2D eigenvalue weighted by Crippen LogP contribution is 2.56. The number of aliphatic hydroxyl groups is 2. The van der Waals surface area contributed by atoms with Crippen LogP contribution in [0.2, 0.25) is 0 Å². The van der Waals surface area contributed by atoms with Crippen LogP contribution in [-0.4, -0.2) is 16.3 Å². The van der Waals surface area contributed by atoms with Gasteiger partial charge in [0.05, 0.1) is 6.10 Å². The Kier molecular flexibility index (Phi) is 2.58. The molecular weight excluding hydrogens is 212 g/mol. The highest BCUT2D eigenvalue weighted by molar-refractivity contribution is 5.33. The van der Waals surface area contributed by atoms with E-state index in [1.807, 2.05) is 0 Å². The van der Waals surface area contributed by atoms with Crippen molar-refractivity contribution in [2.45, 2.75) is 51.6 Å². The Morgan fingerprint density at radius 1 is 1.29 bits per heavy atom. The molecule has 0 heterocycles. The van der Waals surface area contributed by atoms with E-state index in [0.29, 0.717) is 11.2 Å². The first-order valence-corrected chi connectivity index (χ1v) is 6.88. The molecule has 2 heteroatoms. The highest BCUT2D eigenvalue weighted by Gasteiger charge is 2.47. The fourth-order valence-corrected chi connectivity index (χ4v) is 3.99. The molecule has 0 bridgehead atoms. The number of rotatable bonds is 0. The number of fused-ring (bicyclic) bond motifs is 1. The van der Waals surface area contributed by atoms with Crippen LogP contribution >= 0.6 is 0 Å². The van der Waals surface area contributed by atoms with Gasteiger partial charge in [-0.1, -0.05) is 25.8 Å². The maximum Gasteiger partial charge on any atom is 0.114 e. The Bertz CT molecular complexity index is 372. The molecule has 2 unspecified atom stereocenters. The van der Waals surface area contributed by atoms with Crippen molar-refractivity contribution in [3.8, 4) is 0 Å². The van der Waals surface area contributed by atoms with Gasteiger partial charge in [-0.05, 0) is 48.7 Å². The van der Waals surface area contributed by atoms with Gasteiger partial charge in [-0.3, -0.25) is 0 Å². The molecular formula is C15H22O2. The zero-order valence-corrected chi connectivity index (χ0v) is 10.5. The molecule has 2 atom stereocenters. The van der Waals surface area contributed by atoms with E-state index in [9.17, 15) is 10.2 Å². The molecule has 0 radical (unpaired) electrons. The largest absolute Gasteiger partial charge is 0.508 e. The van der Waals surface area contributed by atoms with Crippen LogP contribution in [0.25, 0.3) is 0 Å². The maximum absolute atomic E-state index is 10.0. The molecule has 2 fully saturated rings. The highest BCUT2D eigenvalue weighted by atomic mass is 16.3. The van der Waals surface area contributed by atoms with Crippen LogP contribution in [0.15, 0.2) is 23.5 Å². The molecule has 2 N–H and O–H groups in total. The standard InChI is InChI=1S/C15H22O2/c1-10-4-6-15(7-5-10)8-11-12(9-15)14(17)3-2-13(11)16/h2-3,10-11,13,16-17H,4-9H2,1H3. The summed E-state index contributed by atoms with van der Waals surface area (Å²) in [4.78, 5) is 0. The smallest absolute Gasteiger partial charge is 0.114 e. The average molecular weight is 234 g/mol. The summed E-state index contributed by atoms with van der Waals surface area (Å²) in [7, 11) is 0. The lowest BCUT2D eigenvalue weighted by atomic mass is 9.69. The summed E-state index contributed by atoms with van der Waals surface area (Å²) >= 11 is 0. The Hall–Kier alpha value is -0.760. The fourth-order valence-electron chi connectivity index (χ4n) is 3.99. The predicted octanol–water partition coefficient (Wildman–Crippen LogP) is 3.34. The van der Waals surface area contributed by atoms with Gasteiger partial charge in [0.1, 0.15) is 5.76 Å². The van der Waals surface area contributed by atoms with Crippen molar-refractivity contribution in [2.24, 2.45) is 17.3 Å². The molecule has 94 valence electrons. The van der Waals surface area contributed by atoms with Gasteiger partial charge in [0.2, 0.25) is 0 Å². The summed E-state index contributed by atoms with van der Waals surface area (Å²) in [5.74, 6) is 1.47. The summed E-state index contributed by atoms with van der Waals surface area (Å²) in [6.45, 7) is 2.34. The van der Waals surface area contributed by atoms with Crippen LogP contribution in [0, 0.1) is 17.3 Å². The van der Waals surface area contributed by atoms with E-state index in [-0.39, 0.29) is 12.0 Å². The average Bonchev–Trinajstić information content (AvgIpc) is 2.70. The fraction of sp³-hybridized carbons (Fsp3) is 0.733. The molecule has 2 saturated carbocycles. The summed E-state index contributed by atoms with van der Waals surface area (Å²) in [5.41, 5.74) is 1.50. The summed E-state index contributed by atoms with van der Waals surface area (Å²) in [5, 5.41) is 20.0. The molecule has 0 aromatic rings. The van der Waals surface area contributed by atoms with Crippen molar-refractivity contribution in [2.75, 3.05) is 0 Å². The van der Waals surface area contributed by atoms with Crippen LogP contribution in [0.3, 0.4) is 0 Å². The number of allylic oxidation sites excluding steroid dienone is 1. The van der Waals surface area contributed by atoms with Gasteiger partial charge in [0.25, 0.3) is 0 Å². The van der Waals surface area contributed by atoms with Crippen LogP contribution in [0.4, 0.5) is 0 Å². The van der Waals surface area contributed by atoms with Gasteiger partial charge in [-0.2, -0.15) is 0 Å². The second-order valence-corrected chi connectivity index (χ2v) is 6.43. The topological polar surface area (TPSA) is 40.5 Å². The predicted molar refractivity (Wildman–Crippen MR) is 67.6 cm³/mol. The molecule has 0 aromatic carbocycles. The molecule has 0 amide bonds. The van der Waals surface area contributed by atoms with E-state index < -0.39 is 0 Å². The third kappa shape index (κ3) is 1.83. The second-order valence-electron chi connectivity index (χ2n) is 6.43. The lowest BCUT2D eigenvalue weighted by molar-refractivity contribution is 0.120. The quantitative estimate of drug-likeness (QED) is 0.675. The van der Waals surface area contributed by atoms with Crippen LogP contribution in [0.1, 0.15) is 45.4 Å². The SMILES string of the molecule is CC1CCC2(CC1)CC1=C(O)C=CC(O)C1C2. The Morgan fingerprint density at radius 2 is 2.00 bits per heavy atom. The molecule has 3 aliphatic rings. The van der Waals surface area contributed by atoms with E-state index in [4.69, 9.17) is 0 Å². The van der Waals surface area contributed by atoms with Crippen molar-refractivity contribution in [1.29, 1.82) is 0 Å². The molecule has 0 aromatic heterocycles. The summed E-state index contributed by atoms with van der Waals surface area (Å²) < 4.78 is 0. The molecule has 0 aliphatic heterocycles. The van der Waals surface area contributed by atoms with Gasteiger partial charge in [0.15, 0.2) is 0 Å². The molecule has 0 saturated heterocycles. The Morgan fingerprint density at radius 3 is 2.65 bits per heavy atom. The summed E-state index contributed by atoms with van der Waals surface area (Å²) in [6, 6.07) is 0. The maximum atomic E-state index is 10.0. The van der Waals surface area contributed by atoms with Gasteiger partial charge in [-0.25, -0.2) is 0 Å². The van der Waals surface area contributed by atoms with Crippen molar-refractivity contribution in [3.63, 3.8) is 0 Å². The third-order valence-corrected chi connectivity index (χ3v) is 5.19. The van der Waals surface area contributed by atoms with E-state index in [1.165, 1.54) is 25.7 Å². The van der Waals surface area contributed by atoms with Gasteiger partial charge >= 0.3 is 0 Å². The van der Waals surface area contributed by atoms with Crippen LogP contribution < -0.4 is 0 Å². The monoisotopic (exact) mass is 234 g/mol. The second kappa shape index (κ2) is 3.88. The Balaban J connectivity index is 1.83. The molecule has 3 rings (SSSR count). The normalized spacial score (nSPS) is 45.4. The number of hydrogen-bond donors (Lipinski definition) is 2. The lowest BCUT2D eigenvalue weighted by Gasteiger charge is -2.36. The van der Waals surface area contributed by atoms with Crippen LogP contribution in [0.5, 0.6) is 0 Å². The number of hydrogen-bond acceptors (Lipinski definition) is 2. The molecule has 1 spiro atoms. The molecule has 17 heavy (non-hydrogen) atoms. The minimum Gasteiger partial charge on any atom is -0.508 e. The van der Waals surface area contributed by atoms with Gasteiger partial charge in [0, 0.05) is 5.92 Å². The van der Waals surface area contributed by atoms with Crippen molar-refractivity contribution in [3.05, 3.63) is 23.5 Å². The van der Waals surface area contributed by atoms with Crippen molar-refractivity contribution < 1.29 is 10.2 Å². The zero-order chi connectivity index (χ0) is 12.0. The van der Waals surface area contributed by atoms with Gasteiger partial charge < -0.3 is 10.2 Å². The third-order valence-electron chi connectivity index (χ3n) is 5.19. The minimum atomic E-state index is -0.375. The first-order valence-electron chi connectivity index (χ1n) is 6.88. The van der Waals surface area contributed by atoms with E-state index in [1.54, 1.807) is 12.2 Å².